The van der Waals surface area contributed by atoms with Crippen LogP contribution in [0.5, 0.6) is 0 Å². The Morgan fingerprint density at radius 2 is 1.72 bits per heavy atom. The second-order valence-corrected chi connectivity index (χ2v) is 9.45. The van der Waals surface area contributed by atoms with Crippen molar-refractivity contribution in [3.8, 4) is 11.5 Å². The third-order valence-electron chi connectivity index (χ3n) is 7.21. The molecule has 1 saturated carbocycles. The number of para-hydroxylation sites is 2. The molecular weight excluding hydrogens is 623 g/mol. The summed E-state index contributed by atoms with van der Waals surface area (Å²) >= 11 is 0. The molecule has 2 aliphatic rings. The van der Waals surface area contributed by atoms with Crippen molar-refractivity contribution in [1.29, 1.82) is 0 Å². The minimum atomic E-state index is 0. The van der Waals surface area contributed by atoms with Gasteiger partial charge in [0.2, 0.25) is 0 Å². The Hall–Kier alpha value is -2.85. The molecule has 3 aromatic carbocycles. The molecule has 0 spiro atoms. The molecule has 2 aromatic heterocycles. The van der Waals surface area contributed by atoms with Crippen LogP contribution in [0.25, 0.3) is 38.8 Å². The third-order valence-corrected chi connectivity index (χ3v) is 7.21. The minimum absolute atomic E-state index is 0. The van der Waals surface area contributed by atoms with E-state index in [9.17, 15) is 0 Å². The van der Waals surface area contributed by atoms with Crippen molar-refractivity contribution in [1.82, 2.24) is 9.97 Å². The molecule has 36 heavy (non-hydrogen) atoms. The third kappa shape index (κ3) is 5.29. The first-order chi connectivity index (χ1) is 17.3. The zero-order chi connectivity index (χ0) is 23.5. The number of hydrogen-bond acceptors (Lipinski definition) is 3. The van der Waals surface area contributed by atoms with Crippen molar-refractivity contribution in [2.75, 3.05) is 0 Å². The van der Waals surface area contributed by atoms with Gasteiger partial charge in [-0.25, -0.2) is 0 Å². The summed E-state index contributed by atoms with van der Waals surface area (Å²) in [5, 5.41) is 6.36. The summed E-state index contributed by atoms with van der Waals surface area (Å²) in [5.74, 6) is 1.47. The number of benzene rings is 3. The van der Waals surface area contributed by atoms with E-state index in [1.807, 2.05) is 66.9 Å². The average molecular weight is 651 g/mol. The molecule has 4 nitrogen and oxygen atoms in total. The molecule has 0 radical (unpaired) electrons. The van der Waals surface area contributed by atoms with E-state index in [4.69, 9.17) is 9.73 Å². The quantitative estimate of drug-likeness (QED) is 0.182. The molecule has 5 aromatic rings. The second-order valence-electron chi connectivity index (χ2n) is 9.45. The van der Waals surface area contributed by atoms with Crippen LogP contribution in [0.2, 0.25) is 0 Å². The zero-order valence-corrected chi connectivity index (χ0v) is 22.5. The van der Waals surface area contributed by atoms with Gasteiger partial charge in [-0.1, -0.05) is 68.2 Å². The van der Waals surface area contributed by atoms with Crippen LogP contribution in [0.3, 0.4) is 0 Å². The Morgan fingerprint density at radius 3 is 2.61 bits per heavy atom. The summed E-state index contributed by atoms with van der Waals surface area (Å²) in [4.78, 5) is 8.95. The van der Waals surface area contributed by atoms with Gasteiger partial charge >= 0.3 is 20.1 Å². The fourth-order valence-electron chi connectivity index (χ4n) is 5.45. The minimum Gasteiger partial charge on any atom is -0.654 e. The van der Waals surface area contributed by atoms with E-state index in [-0.39, 0.29) is 20.1 Å². The van der Waals surface area contributed by atoms with E-state index in [0.29, 0.717) is 18.0 Å². The SMILES string of the molecule is [Ir+3].[c-]1ccc2cccnc2c1C1CCC2CCCCC2[N-]1.[c-]1ccccc1-c1nc2ccccc2o1. The molecule has 3 heterocycles. The summed E-state index contributed by atoms with van der Waals surface area (Å²) in [6.07, 6.45) is 9.82. The normalized spacial score (nSPS) is 21.2. The second kappa shape index (κ2) is 11.5. The molecule has 1 aliphatic carbocycles. The van der Waals surface area contributed by atoms with E-state index in [1.165, 1.54) is 49.5 Å². The van der Waals surface area contributed by atoms with Gasteiger partial charge in [0.1, 0.15) is 11.5 Å². The fraction of sp³-hybridized carbons (Fsp3) is 0.290. The largest absolute Gasteiger partial charge is 3.00 e. The van der Waals surface area contributed by atoms with Crippen molar-refractivity contribution in [2.45, 2.75) is 50.6 Å². The molecule has 5 heteroatoms. The van der Waals surface area contributed by atoms with Crippen LogP contribution >= 0.6 is 0 Å². The van der Waals surface area contributed by atoms with Crippen molar-refractivity contribution in [3.63, 3.8) is 0 Å². The first-order valence-corrected chi connectivity index (χ1v) is 12.6. The number of pyridine rings is 1. The van der Waals surface area contributed by atoms with Gasteiger partial charge in [-0.05, 0) is 23.7 Å². The molecule has 3 atom stereocenters. The summed E-state index contributed by atoms with van der Waals surface area (Å²) in [6.45, 7) is 0. The van der Waals surface area contributed by atoms with Gasteiger partial charge in [-0.15, -0.1) is 47.8 Å². The van der Waals surface area contributed by atoms with Gasteiger partial charge in [0, 0.05) is 6.20 Å². The van der Waals surface area contributed by atoms with Crippen LogP contribution in [-0.4, -0.2) is 16.0 Å². The van der Waals surface area contributed by atoms with E-state index in [0.717, 1.165) is 28.1 Å². The number of fused-ring (bicyclic) bond motifs is 3. The van der Waals surface area contributed by atoms with Gasteiger partial charge in [-0.2, -0.15) is 23.8 Å². The number of aromatic nitrogens is 2. The number of piperidine rings is 1. The van der Waals surface area contributed by atoms with Crippen LogP contribution < -0.4 is 0 Å². The summed E-state index contributed by atoms with van der Waals surface area (Å²) in [5.41, 5.74) is 4.88. The Kier molecular flexibility index (Phi) is 7.91. The predicted octanol–water partition coefficient (Wildman–Crippen LogP) is 8.09. The van der Waals surface area contributed by atoms with Crippen LogP contribution in [0.15, 0.2) is 83.4 Å². The Bertz CT molecular complexity index is 1380. The van der Waals surface area contributed by atoms with Gasteiger partial charge in [0.05, 0.1) is 5.52 Å². The molecule has 1 saturated heterocycles. The average Bonchev–Trinajstić information content (AvgIpc) is 3.38. The van der Waals surface area contributed by atoms with Crippen LogP contribution in [0, 0.1) is 18.1 Å². The van der Waals surface area contributed by atoms with Crippen molar-refractivity contribution >= 4 is 22.0 Å². The maximum Gasteiger partial charge on any atom is 3.00 e. The maximum absolute atomic E-state index is 5.61. The van der Waals surface area contributed by atoms with E-state index in [1.54, 1.807) is 0 Å². The Morgan fingerprint density at radius 1 is 0.833 bits per heavy atom. The molecule has 0 amide bonds. The molecule has 7 rings (SSSR count). The maximum atomic E-state index is 5.61. The van der Waals surface area contributed by atoms with E-state index < -0.39 is 0 Å². The number of oxazole rings is 1. The first kappa shape index (κ1) is 24.8. The molecule has 182 valence electrons. The van der Waals surface area contributed by atoms with Crippen molar-refractivity contribution in [3.05, 3.63) is 102 Å². The summed E-state index contributed by atoms with van der Waals surface area (Å²) < 4.78 is 5.61. The molecule has 3 unspecified atom stereocenters. The topological polar surface area (TPSA) is 53.0 Å². The zero-order valence-electron chi connectivity index (χ0n) is 20.1. The Balaban J connectivity index is 0.000000150. The van der Waals surface area contributed by atoms with Gasteiger partial charge in [-0.3, -0.25) is 4.98 Å². The van der Waals surface area contributed by atoms with Crippen molar-refractivity contribution in [2.24, 2.45) is 5.92 Å². The molecule has 2 fully saturated rings. The van der Waals surface area contributed by atoms with Gasteiger partial charge in [0.15, 0.2) is 0 Å². The van der Waals surface area contributed by atoms with Gasteiger partial charge < -0.3 is 14.7 Å². The van der Waals surface area contributed by atoms with E-state index >= 15 is 0 Å². The molecule has 0 bridgehead atoms. The molecule has 1 aliphatic heterocycles. The standard InChI is InChI=1S/C18H20N2.C13H8NO.Ir/c1-2-9-16-13(5-1)10-11-17(20-16)15-8-3-6-14-7-4-12-19-18(14)15;1-2-6-10(7-3-1)13-14-11-8-4-5-9-12(11)15-13;/h3-4,6-7,12-13,16-17H,1-2,5,9-11H2;1-6,8-9H;/q-2;-1;+3. The number of hydrogen-bond donors (Lipinski definition) is 0. The molecular formula is C31H28IrN3O. The monoisotopic (exact) mass is 651 g/mol. The molecule has 0 N–H and O–H groups in total. The summed E-state index contributed by atoms with van der Waals surface area (Å²) in [7, 11) is 0. The predicted molar refractivity (Wildman–Crippen MR) is 140 cm³/mol. The number of nitrogens with zero attached hydrogens (tertiary/aromatic N) is 3. The number of rotatable bonds is 2. The smallest absolute Gasteiger partial charge is 0.654 e. The Labute approximate surface area is 225 Å². The fourth-order valence-corrected chi connectivity index (χ4v) is 5.45. The van der Waals surface area contributed by atoms with Crippen LogP contribution in [-0.2, 0) is 20.1 Å². The van der Waals surface area contributed by atoms with Gasteiger partial charge in [0.25, 0.3) is 0 Å². The van der Waals surface area contributed by atoms with Crippen LogP contribution in [0.1, 0.15) is 50.1 Å². The summed E-state index contributed by atoms with van der Waals surface area (Å²) in [6, 6.07) is 31.1. The first-order valence-electron chi connectivity index (χ1n) is 12.6. The van der Waals surface area contributed by atoms with Crippen LogP contribution in [0.4, 0.5) is 0 Å². The van der Waals surface area contributed by atoms with E-state index in [2.05, 4.69) is 34.2 Å². The van der Waals surface area contributed by atoms with Crippen molar-refractivity contribution < 1.29 is 24.5 Å².